The fourth-order valence-corrected chi connectivity index (χ4v) is 4.50. The third-order valence-electron chi connectivity index (χ3n) is 6.99. The summed E-state index contributed by atoms with van der Waals surface area (Å²) in [5.74, 6) is -0.00775. The van der Waals surface area contributed by atoms with Crippen LogP contribution in [0.3, 0.4) is 0 Å². The summed E-state index contributed by atoms with van der Waals surface area (Å²) in [4.78, 5) is 29.4. The van der Waals surface area contributed by atoms with Crippen molar-refractivity contribution < 1.29 is 23.9 Å². The van der Waals surface area contributed by atoms with Crippen LogP contribution in [0.15, 0.2) is 30.3 Å². The van der Waals surface area contributed by atoms with Crippen LogP contribution in [0, 0.1) is 5.41 Å². The summed E-state index contributed by atoms with van der Waals surface area (Å²) in [6.07, 6.45) is 2.79. The van der Waals surface area contributed by atoms with Crippen LogP contribution in [0.4, 0.5) is 4.79 Å². The molecule has 2 heterocycles. The predicted octanol–water partition coefficient (Wildman–Crippen LogP) is 1.46. The van der Waals surface area contributed by atoms with Crippen LogP contribution >= 0.6 is 0 Å². The van der Waals surface area contributed by atoms with Crippen LogP contribution in [-0.4, -0.2) is 90.4 Å². The molecule has 1 N–H and O–H groups in total. The van der Waals surface area contributed by atoms with Gasteiger partial charge >= 0.3 is 6.09 Å². The molecular weight excluding hydrogens is 370 g/mol. The number of nitrogens with zero attached hydrogens (tertiary/aromatic N) is 3. The molecule has 1 aromatic carbocycles. The smallest absolute Gasteiger partial charge is 0.415 e. The van der Waals surface area contributed by atoms with E-state index in [1.807, 2.05) is 35.2 Å². The van der Waals surface area contributed by atoms with Gasteiger partial charge in [-0.1, -0.05) is 30.3 Å². The molecule has 2 amide bonds. The van der Waals surface area contributed by atoms with Crippen molar-refractivity contribution in [1.82, 2.24) is 9.80 Å². The third kappa shape index (κ3) is 4.47. The summed E-state index contributed by atoms with van der Waals surface area (Å²) in [6.45, 7) is 4.61. The second-order valence-electron chi connectivity index (χ2n) is 9.13. The van der Waals surface area contributed by atoms with E-state index >= 15 is 0 Å². The molecule has 1 saturated carbocycles. The standard InChI is InChI=1S/C22H32N3O4/c1-25(21(28)29-17-18-5-3-2-4-6-18)14-13-24(20(27)16-25)12-11-23-10-9-22(7-8-22)19(26)15-23/h2-6,19,26H,7-17H2,1H3/q+1/t19-,25-/m1/s1. The maximum absolute atomic E-state index is 12.7. The Morgan fingerprint density at radius 3 is 2.62 bits per heavy atom. The Hall–Kier alpha value is -1.96. The van der Waals surface area contributed by atoms with Crippen LogP contribution < -0.4 is 0 Å². The Balaban J connectivity index is 1.23. The summed E-state index contributed by atoms with van der Waals surface area (Å²) < 4.78 is 5.47. The van der Waals surface area contributed by atoms with Crippen molar-refractivity contribution in [2.75, 3.05) is 52.9 Å². The van der Waals surface area contributed by atoms with Gasteiger partial charge in [0.25, 0.3) is 5.91 Å². The van der Waals surface area contributed by atoms with Crippen molar-refractivity contribution in [2.24, 2.45) is 5.41 Å². The van der Waals surface area contributed by atoms with Crippen molar-refractivity contribution >= 4 is 12.0 Å². The summed E-state index contributed by atoms with van der Waals surface area (Å²) in [5.41, 5.74) is 1.14. The predicted molar refractivity (Wildman–Crippen MR) is 108 cm³/mol. The molecule has 7 heteroatoms. The number of hydrogen-bond donors (Lipinski definition) is 1. The number of aliphatic hydroxyl groups excluding tert-OH is 1. The summed E-state index contributed by atoms with van der Waals surface area (Å²) in [5, 5.41) is 10.3. The highest BCUT2D eigenvalue weighted by atomic mass is 16.6. The van der Waals surface area contributed by atoms with Crippen molar-refractivity contribution in [3.63, 3.8) is 0 Å². The zero-order valence-electron chi connectivity index (χ0n) is 17.3. The highest BCUT2D eigenvalue weighted by molar-refractivity contribution is 5.80. The number of hydrogen-bond acceptors (Lipinski definition) is 5. The van der Waals surface area contributed by atoms with Gasteiger partial charge in [0.15, 0.2) is 6.54 Å². The molecule has 1 aliphatic carbocycles. The first-order chi connectivity index (χ1) is 13.9. The molecule has 0 aromatic heterocycles. The lowest BCUT2D eigenvalue weighted by atomic mass is 9.90. The van der Waals surface area contributed by atoms with E-state index in [0.29, 0.717) is 26.2 Å². The van der Waals surface area contributed by atoms with Gasteiger partial charge in [0.2, 0.25) is 0 Å². The van der Waals surface area contributed by atoms with Gasteiger partial charge in [-0.3, -0.25) is 9.69 Å². The number of amides is 2. The SMILES string of the molecule is C[N@@+]1(C(=O)OCc2ccccc2)CCN(CCN2CCC3(CC3)[C@H](O)C2)C(=O)C1. The number of ether oxygens (including phenoxy) is 1. The Labute approximate surface area is 172 Å². The molecule has 0 radical (unpaired) electrons. The van der Waals surface area contributed by atoms with E-state index in [1.165, 1.54) is 0 Å². The molecular formula is C22H32N3O4+. The number of carbonyl (C=O) groups excluding carboxylic acids is 2. The summed E-state index contributed by atoms with van der Waals surface area (Å²) in [6, 6.07) is 9.57. The number of rotatable bonds is 5. The van der Waals surface area contributed by atoms with Gasteiger partial charge in [-0.15, -0.1) is 0 Å². The highest BCUT2D eigenvalue weighted by Gasteiger charge is 2.51. The van der Waals surface area contributed by atoms with E-state index in [9.17, 15) is 14.7 Å². The lowest BCUT2D eigenvalue weighted by Crippen LogP contribution is -2.63. The van der Waals surface area contributed by atoms with E-state index in [-0.39, 0.29) is 41.2 Å². The van der Waals surface area contributed by atoms with Gasteiger partial charge in [-0.25, -0.2) is 4.48 Å². The number of benzene rings is 1. The number of carbonyl (C=O) groups is 2. The van der Waals surface area contributed by atoms with E-state index in [1.54, 1.807) is 7.05 Å². The molecule has 3 fully saturated rings. The van der Waals surface area contributed by atoms with E-state index in [0.717, 1.165) is 37.9 Å². The average Bonchev–Trinajstić information content (AvgIpc) is 3.50. The minimum Gasteiger partial charge on any atom is -0.415 e. The van der Waals surface area contributed by atoms with Gasteiger partial charge in [-0.05, 0) is 36.8 Å². The second kappa shape index (κ2) is 8.05. The molecule has 158 valence electrons. The van der Waals surface area contributed by atoms with Crippen molar-refractivity contribution in [3.05, 3.63) is 35.9 Å². The maximum atomic E-state index is 12.7. The Bertz CT molecular complexity index is 752. The molecule has 0 bridgehead atoms. The fraction of sp³-hybridized carbons (Fsp3) is 0.636. The van der Waals surface area contributed by atoms with E-state index in [2.05, 4.69) is 4.90 Å². The molecule has 1 aromatic rings. The Kier molecular flexibility index (Phi) is 5.64. The largest absolute Gasteiger partial charge is 0.516 e. The van der Waals surface area contributed by atoms with Gasteiger partial charge in [0.1, 0.15) is 13.2 Å². The fourth-order valence-electron chi connectivity index (χ4n) is 4.50. The number of β-amino-alcohol motifs (C(OH)–C–C–N with tert-alkyl or cyclic N) is 1. The molecule has 2 atom stereocenters. The minimum atomic E-state index is -0.351. The number of piperazine rings is 1. The number of aliphatic hydroxyl groups is 1. The van der Waals surface area contributed by atoms with Crippen LogP contribution in [0.1, 0.15) is 24.8 Å². The third-order valence-corrected chi connectivity index (χ3v) is 6.99. The molecule has 1 spiro atoms. The van der Waals surface area contributed by atoms with Gasteiger partial charge in [0, 0.05) is 19.6 Å². The molecule has 2 aliphatic heterocycles. The van der Waals surface area contributed by atoms with Crippen LogP contribution in [0.2, 0.25) is 0 Å². The quantitative estimate of drug-likeness (QED) is 0.755. The van der Waals surface area contributed by atoms with Gasteiger partial charge in [0.05, 0.1) is 19.7 Å². The zero-order chi connectivity index (χ0) is 20.5. The Morgan fingerprint density at radius 1 is 1.21 bits per heavy atom. The molecule has 0 unspecified atom stereocenters. The van der Waals surface area contributed by atoms with Gasteiger partial charge < -0.3 is 14.7 Å². The maximum Gasteiger partial charge on any atom is 0.516 e. The lowest BCUT2D eigenvalue weighted by Gasteiger charge is -2.40. The molecule has 2 saturated heterocycles. The van der Waals surface area contributed by atoms with Crippen LogP contribution in [-0.2, 0) is 16.1 Å². The summed E-state index contributed by atoms with van der Waals surface area (Å²) in [7, 11) is 1.78. The van der Waals surface area contributed by atoms with Crippen molar-refractivity contribution in [2.45, 2.75) is 32.0 Å². The number of likely N-dealkylation sites (tertiary alicyclic amines) is 1. The second-order valence-corrected chi connectivity index (χ2v) is 9.13. The van der Waals surface area contributed by atoms with E-state index in [4.69, 9.17) is 4.74 Å². The first-order valence-electron chi connectivity index (χ1n) is 10.6. The number of piperidine rings is 1. The summed E-state index contributed by atoms with van der Waals surface area (Å²) >= 11 is 0. The molecule has 7 nitrogen and oxygen atoms in total. The van der Waals surface area contributed by atoms with Crippen molar-refractivity contribution in [1.29, 1.82) is 0 Å². The molecule has 29 heavy (non-hydrogen) atoms. The molecule has 3 aliphatic rings. The number of likely N-dealkylation sites (N-methyl/N-ethyl adjacent to an activating group) is 1. The topological polar surface area (TPSA) is 70.1 Å². The minimum absolute atomic E-state index is 0.00683. The van der Waals surface area contributed by atoms with Crippen molar-refractivity contribution in [3.8, 4) is 0 Å². The number of quaternary nitrogens is 1. The monoisotopic (exact) mass is 402 g/mol. The Morgan fingerprint density at radius 2 is 1.97 bits per heavy atom. The average molecular weight is 403 g/mol. The van der Waals surface area contributed by atoms with Crippen LogP contribution in [0.5, 0.6) is 0 Å². The molecule has 4 rings (SSSR count). The normalized spacial score (nSPS) is 29.1. The van der Waals surface area contributed by atoms with Crippen LogP contribution in [0.25, 0.3) is 0 Å². The highest BCUT2D eigenvalue weighted by Crippen LogP contribution is 2.53. The van der Waals surface area contributed by atoms with E-state index < -0.39 is 0 Å². The zero-order valence-corrected chi connectivity index (χ0v) is 17.3. The lowest BCUT2D eigenvalue weighted by molar-refractivity contribution is -0.833. The first kappa shape index (κ1) is 20.3. The first-order valence-corrected chi connectivity index (χ1v) is 10.6. The van der Waals surface area contributed by atoms with Gasteiger partial charge in [-0.2, -0.15) is 4.79 Å².